The average Bonchev–Trinajstić information content (AvgIpc) is 2.89. The maximum Gasteiger partial charge on any atom is 0.343 e. The lowest BCUT2D eigenvalue weighted by Gasteiger charge is -2.12. The standard InChI is InChI=1S/C27H23N3O7/c1-4-36-25-15-18(6-12-24(25)37-27(32)19-7-9-21(35-3)10-8-19)14-20(16-28)26(31)29-22-11-5-17(2)13-23(22)30(33)34/h5-15H,4H2,1-3H3,(H,29,31)/b20-14+. The molecule has 0 aromatic heterocycles. The van der Waals surface area contributed by atoms with Crippen LogP contribution in [0.1, 0.15) is 28.4 Å². The van der Waals surface area contributed by atoms with Crippen LogP contribution >= 0.6 is 0 Å². The van der Waals surface area contributed by atoms with Gasteiger partial charge < -0.3 is 19.5 Å². The Bertz CT molecular complexity index is 1410. The molecule has 0 aliphatic carbocycles. The number of aryl methyl sites for hydroxylation is 1. The van der Waals surface area contributed by atoms with Crippen LogP contribution in [-0.4, -0.2) is 30.5 Å². The van der Waals surface area contributed by atoms with Gasteiger partial charge in [-0.1, -0.05) is 12.1 Å². The fraction of sp³-hybridized carbons (Fsp3) is 0.148. The summed E-state index contributed by atoms with van der Waals surface area (Å²) < 4.78 is 16.2. The molecular formula is C27H23N3O7. The number of carbonyl (C=O) groups excluding carboxylic acids is 2. The Hall–Kier alpha value is -5.17. The highest BCUT2D eigenvalue weighted by Crippen LogP contribution is 2.31. The van der Waals surface area contributed by atoms with Gasteiger partial charge in [-0.2, -0.15) is 5.26 Å². The first-order valence-corrected chi connectivity index (χ1v) is 11.1. The molecular weight excluding hydrogens is 478 g/mol. The summed E-state index contributed by atoms with van der Waals surface area (Å²) in [6.45, 7) is 3.70. The fourth-order valence-electron chi connectivity index (χ4n) is 3.26. The van der Waals surface area contributed by atoms with Gasteiger partial charge in [-0.05, 0) is 73.5 Å². The lowest BCUT2D eigenvalue weighted by molar-refractivity contribution is -0.384. The highest BCUT2D eigenvalue weighted by atomic mass is 16.6. The van der Waals surface area contributed by atoms with Crippen LogP contribution in [0.3, 0.4) is 0 Å². The zero-order chi connectivity index (χ0) is 26.9. The molecule has 0 spiro atoms. The second-order valence-corrected chi connectivity index (χ2v) is 7.66. The highest BCUT2D eigenvalue weighted by molar-refractivity contribution is 6.10. The molecule has 3 aromatic carbocycles. The summed E-state index contributed by atoms with van der Waals surface area (Å²) in [7, 11) is 1.52. The van der Waals surface area contributed by atoms with Gasteiger partial charge in [-0.15, -0.1) is 0 Å². The molecule has 0 aliphatic heterocycles. The normalized spacial score (nSPS) is 10.7. The molecule has 0 atom stereocenters. The molecule has 0 radical (unpaired) electrons. The van der Waals surface area contributed by atoms with Gasteiger partial charge in [0.05, 0.1) is 24.2 Å². The molecule has 10 heteroatoms. The van der Waals surface area contributed by atoms with Gasteiger partial charge in [0.1, 0.15) is 23.1 Å². The van der Waals surface area contributed by atoms with Crippen molar-refractivity contribution in [2.75, 3.05) is 19.0 Å². The molecule has 0 bridgehead atoms. The van der Waals surface area contributed by atoms with Gasteiger partial charge >= 0.3 is 5.97 Å². The number of rotatable bonds is 9. The van der Waals surface area contributed by atoms with Crippen molar-refractivity contribution in [3.63, 3.8) is 0 Å². The first-order chi connectivity index (χ1) is 17.7. The van der Waals surface area contributed by atoms with Crippen LogP contribution in [0.25, 0.3) is 6.08 Å². The van der Waals surface area contributed by atoms with Crippen LogP contribution in [0.2, 0.25) is 0 Å². The SMILES string of the molecule is CCOc1cc(/C=C(\C#N)C(=O)Nc2ccc(C)cc2[N+](=O)[O-])ccc1OC(=O)c1ccc(OC)cc1. The molecule has 1 N–H and O–H groups in total. The number of amides is 1. The second kappa shape index (κ2) is 12.0. The largest absolute Gasteiger partial charge is 0.497 e. The molecule has 0 aliphatic rings. The summed E-state index contributed by atoms with van der Waals surface area (Å²) in [5.74, 6) is -0.453. The van der Waals surface area contributed by atoms with Crippen LogP contribution in [0.15, 0.2) is 66.2 Å². The molecule has 37 heavy (non-hydrogen) atoms. The van der Waals surface area contributed by atoms with Gasteiger partial charge in [0.25, 0.3) is 11.6 Å². The Balaban J connectivity index is 1.84. The van der Waals surface area contributed by atoms with E-state index in [-0.39, 0.29) is 35.1 Å². The van der Waals surface area contributed by atoms with Gasteiger partial charge in [-0.3, -0.25) is 14.9 Å². The molecule has 0 saturated carbocycles. The zero-order valence-electron chi connectivity index (χ0n) is 20.3. The van der Waals surface area contributed by atoms with E-state index in [1.165, 1.54) is 43.5 Å². The molecule has 0 heterocycles. The number of hydrogen-bond donors (Lipinski definition) is 1. The van der Waals surface area contributed by atoms with Crippen LogP contribution < -0.4 is 19.5 Å². The molecule has 3 rings (SSSR count). The lowest BCUT2D eigenvalue weighted by atomic mass is 10.1. The Labute approximate surface area is 212 Å². The predicted molar refractivity (Wildman–Crippen MR) is 136 cm³/mol. The highest BCUT2D eigenvalue weighted by Gasteiger charge is 2.19. The number of ether oxygens (including phenoxy) is 3. The third-order valence-electron chi connectivity index (χ3n) is 5.07. The van der Waals surface area contributed by atoms with Crippen molar-refractivity contribution in [2.45, 2.75) is 13.8 Å². The Kier molecular flexibility index (Phi) is 8.57. The summed E-state index contributed by atoms with van der Waals surface area (Å²) in [5.41, 5.74) is 0.765. The molecule has 10 nitrogen and oxygen atoms in total. The molecule has 0 saturated heterocycles. The van der Waals surface area contributed by atoms with Crippen LogP contribution in [0.4, 0.5) is 11.4 Å². The second-order valence-electron chi connectivity index (χ2n) is 7.66. The summed E-state index contributed by atoms with van der Waals surface area (Å²) in [5, 5.41) is 23.3. The number of nitro benzene ring substituents is 1. The summed E-state index contributed by atoms with van der Waals surface area (Å²) in [4.78, 5) is 36.0. The first kappa shape index (κ1) is 26.4. The number of benzene rings is 3. The van der Waals surface area contributed by atoms with Gasteiger partial charge in [0, 0.05) is 6.07 Å². The summed E-state index contributed by atoms with van der Waals surface area (Å²) >= 11 is 0. The minimum Gasteiger partial charge on any atom is -0.497 e. The molecule has 3 aromatic rings. The van der Waals surface area contributed by atoms with Crippen LogP contribution in [0, 0.1) is 28.4 Å². The van der Waals surface area contributed by atoms with E-state index in [1.54, 1.807) is 50.2 Å². The van der Waals surface area contributed by atoms with Crippen molar-refractivity contribution in [1.82, 2.24) is 0 Å². The van der Waals surface area contributed by atoms with Gasteiger partial charge in [0.15, 0.2) is 11.5 Å². The van der Waals surface area contributed by atoms with Crippen molar-refractivity contribution in [3.8, 4) is 23.3 Å². The molecule has 188 valence electrons. The average molecular weight is 501 g/mol. The van der Waals surface area contributed by atoms with E-state index in [0.29, 0.717) is 22.4 Å². The number of nitrogens with zero attached hydrogens (tertiary/aromatic N) is 2. The maximum atomic E-state index is 12.7. The van der Waals surface area contributed by atoms with Crippen molar-refractivity contribution in [3.05, 3.63) is 93.0 Å². The van der Waals surface area contributed by atoms with E-state index in [4.69, 9.17) is 14.2 Å². The number of carbonyl (C=O) groups is 2. The number of anilines is 1. The molecule has 1 amide bonds. The number of nitro groups is 1. The number of esters is 1. The van der Waals surface area contributed by atoms with Crippen molar-refractivity contribution >= 4 is 29.3 Å². The number of nitrogens with one attached hydrogen (secondary N) is 1. The Morgan fingerprint density at radius 2 is 1.81 bits per heavy atom. The van der Waals surface area contributed by atoms with E-state index >= 15 is 0 Å². The first-order valence-electron chi connectivity index (χ1n) is 11.1. The summed E-state index contributed by atoms with van der Waals surface area (Å²) in [6, 6.07) is 17.1. The van der Waals surface area contributed by atoms with Crippen molar-refractivity contribution < 1.29 is 28.7 Å². The van der Waals surface area contributed by atoms with E-state index in [1.807, 2.05) is 0 Å². The number of hydrogen-bond acceptors (Lipinski definition) is 8. The Morgan fingerprint density at radius 1 is 1.08 bits per heavy atom. The predicted octanol–water partition coefficient (Wildman–Crippen LogP) is 5.08. The Morgan fingerprint density at radius 3 is 2.43 bits per heavy atom. The lowest BCUT2D eigenvalue weighted by Crippen LogP contribution is -2.14. The topological polar surface area (TPSA) is 141 Å². The third kappa shape index (κ3) is 6.70. The fourth-order valence-corrected chi connectivity index (χ4v) is 3.26. The van der Waals surface area contributed by atoms with E-state index in [2.05, 4.69) is 5.32 Å². The van der Waals surface area contributed by atoms with Crippen molar-refractivity contribution in [1.29, 1.82) is 5.26 Å². The van der Waals surface area contributed by atoms with E-state index in [9.17, 15) is 25.0 Å². The monoisotopic (exact) mass is 501 g/mol. The zero-order valence-corrected chi connectivity index (χ0v) is 20.3. The van der Waals surface area contributed by atoms with Crippen LogP contribution in [0.5, 0.6) is 17.2 Å². The molecule has 0 fully saturated rings. The number of nitriles is 1. The van der Waals surface area contributed by atoms with Crippen molar-refractivity contribution in [2.24, 2.45) is 0 Å². The molecule has 0 unspecified atom stereocenters. The quantitative estimate of drug-likeness (QED) is 0.107. The van der Waals surface area contributed by atoms with E-state index in [0.717, 1.165) is 0 Å². The summed E-state index contributed by atoms with van der Waals surface area (Å²) in [6.07, 6.45) is 1.30. The maximum absolute atomic E-state index is 12.7. The smallest absolute Gasteiger partial charge is 0.343 e. The van der Waals surface area contributed by atoms with Crippen LogP contribution in [-0.2, 0) is 4.79 Å². The number of methoxy groups -OCH3 is 1. The van der Waals surface area contributed by atoms with Gasteiger partial charge in [-0.25, -0.2) is 4.79 Å². The van der Waals surface area contributed by atoms with E-state index < -0.39 is 16.8 Å². The minimum atomic E-state index is -0.817. The third-order valence-corrected chi connectivity index (χ3v) is 5.07. The minimum absolute atomic E-state index is 0.0300. The van der Waals surface area contributed by atoms with Gasteiger partial charge in [0.2, 0.25) is 0 Å².